The highest BCUT2D eigenvalue weighted by Crippen LogP contribution is 2.27. The maximum absolute atomic E-state index is 11.6. The summed E-state index contributed by atoms with van der Waals surface area (Å²) in [5.74, 6) is 1.62. The third-order valence-corrected chi connectivity index (χ3v) is 4.52. The molecule has 7 nitrogen and oxygen atoms in total. The van der Waals surface area contributed by atoms with Crippen LogP contribution in [-0.4, -0.2) is 56.6 Å². The molecule has 4 heterocycles. The molecule has 0 unspecified atom stereocenters. The van der Waals surface area contributed by atoms with E-state index in [0.717, 1.165) is 39.0 Å². The maximum atomic E-state index is 11.6. The quantitative estimate of drug-likeness (QED) is 0.838. The minimum atomic E-state index is 0.221. The molecule has 2 saturated heterocycles. The van der Waals surface area contributed by atoms with Gasteiger partial charge in [-0.15, -0.1) is 0 Å². The molecule has 0 spiro atoms. The van der Waals surface area contributed by atoms with E-state index in [-0.39, 0.29) is 11.8 Å². The second kappa shape index (κ2) is 5.07. The smallest absolute Gasteiger partial charge is 0.252 e. The van der Waals surface area contributed by atoms with Gasteiger partial charge in [-0.2, -0.15) is 10.1 Å². The van der Waals surface area contributed by atoms with Crippen LogP contribution in [0.4, 0.5) is 0 Å². The summed E-state index contributed by atoms with van der Waals surface area (Å²) < 4.78 is 1.71. The van der Waals surface area contributed by atoms with E-state index < -0.39 is 0 Å². The first-order valence-electron chi connectivity index (χ1n) is 7.44. The number of amides is 1. The number of nitrogens with one attached hydrogen (secondary N) is 1. The predicted octanol–water partition coefficient (Wildman–Crippen LogP) is -0.265. The topological polar surface area (TPSA) is 75.4 Å². The Bertz CT molecular complexity index is 668. The molecular weight excluding hydrogens is 268 g/mol. The molecule has 4 rings (SSSR count). The number of carbonyl (C=O) groups is 1. The highest BCUT2D eigenvalue weighted by molar-refractivity contribution is 5.81. The van der Waals surface area contributed by atoms with Crippen molar-refractivity contribution in [3.63, 3.8) is 0 Å². The maximum Gasteiger partial charge on any atom is 0.252 e. The second-order valence-corrected chi connectivity index (χ2v) is 5.94. The molecule has 0 radical (unpaired) electrons. The molecule has 2 atom stereocenters. The van der Waals surface area contributed by atoms with E-state index in [1.807, 2.05) is 12.4 Å². The molecule has 0 aliphatic carbocycles. The van der Waals surface area contributed by atoms with Crippen LogP contribution in [0.3, 0.4) is 0 Å². The standard InChI is InChI=1S/C14H18N6O/c21-13-12-8-19(7-11(12)5-15-13)3-1-2-10-4-16-14-17-9-18-20(14)6-10/h4,6,9,11-12H,1-3,5,7-8H2,(H,15,21)/t11-,12+/m0/s1. The Morgan fingerprint density at radius 3 is 3.19 bits per heavy atom. The molecule has 2 aliphatic heterocycles. The Morgan fingerprint density at radius 1 is 1.33 bits per heavy atom. The molecule has 1 N–H and O–H groups in total. The lowest BCUT2D eigenvalue weighted by Gasteiger charge is -2.16. The number of hydrogen-bond donors (Lipinski definition) is 1. The first-order chi connectivity index (χ1) is 10.3. The van der Waals surface area contributed by atoms with E-state index >= 15 is 0 Å². The van der Waals surface area contributed by atoms with Crippen LogP contribution in [0.5, 0.6) is 0 Å². The molecule has 2 aromatic rings. The zero-order valence-corrected chi connectivity index (χ0v) is 11.8. The zero-order valence-electron chi connectivity index (χ0n) is 11.8. The zero-order chi connectivity index (χ0) is 14.2. The second-order valence-electron chi connectivity index (χ2n) is 5.94. The molecule has 0 saturated carbocycles. The Hall–Kier alpha value is -2.02. The molecule has 7 heteroatoms. The van der Waals surface area contributed by atoms with Crippen LogP contribution in [0.2, 0.25) is 0 Å². The van der Waals surface area contributed by atoms with Gasteiger partial charge < -0.3 is 10.2 Å². The Balaban J connectivity index is 1.31. The first-order valence-corrected chi connectivity index (χ1v) is 7.44. The van der Waals surface area contributed by atoms with Crippen LogP contribution in [0.25, 0.3) is 5.78 Å². The number of hydrogen-bond acceptors (Lipinski definition) is 5. The fourth-order valence-electron chi connectivity index (χ4n) is 3.40. The minimum absolute atomic E-state index is 0.221. The minimum Gasteiger partial charge on any atom is -0.355 e. The van der Waals surface area contributed by atoms with E-state index in [1.54, 1.807) is 4.52 Å². The van der Waals surface area contributed by atoms with Crippen LogP contribution in [0, 0.1) is 11.8 Å². The number of likely N-dealkylation sites (tertiary alicyclic amines) is 1. The van der Waals surface area contributed by atoms with Crippen molar-refractivity contribution in [2.24, 2.45) is 11.8 Å². The van der Waals surface area contributed by atoms with Crippen LogP contribution in [-0.2, 0) is 11.2 Å². The SMILES string of the molecule is O=C1NC[C@H]2CN(CCCc3cnc4ncnn4c3)C[C@@H]12. The molecule has 2 aromatic heterocycles. The van der Waals surface area contributed by atoms with Crippen LogP contribution >= 0.6 is 0 Å². The van der Waals surface area contributed by atoms with E-state index in [1.165, 1.54) is 11.9 Å². The van der Waals surface area contributed by atoms with Crippen molar-refractivity contribution >= 4 is 11.7 Å². The van der Waals surface area contributed by atoms with Gasteiger partial charge in [0.1, 0.15) is 6.33 Å². The Labute approximate surface area is 122 Å². The summed E-state index contributed by atoms with van der Waals surface area (Å²) in [6.45, 7) is 3.85. The Morgan fingerprint density at radius 2 is 2.29 bits per heavy atom. The van der Waals surface area contributed by atoms with Gasteiger partial charge in [-0.3, -0.25) is 4.79 Å². The van der Waals surface area contributed by atoms with E-state index in [0.29, 0.717) is 11.7 Å². The monoisotopic (exact) mass is 286 g/mol. The van der Waals surface area contributed by atoms with Crippen molar-refractivity contribution in [2.75, 3.05) is 26.2 Å². The fraction of sp³-hybridized carbons (Fsp3) is 0.571. The van der Waals surface area contributed by atoms with Gasteiger partial charge >= 0.3 is 0 Å². The average molecular weight is 286 g/mol. The molecule has 21 heavy (non-hydrogen) atoms. The summed E-state index contributed by atoms with van der Waals surface area (Å²) in [4.78, 5) is 22.4. The Kier molecular flexibility index (Phi) is 3.07. The summed E-state index contributed by atoms with van der Waals surface area (Å²) in [5, 5.41) is 7.05. The van der Waals surface area contributed by atoms with Crippen LogP contribution in [0.1, 0.15) is 12.0 Å². The summed E-state index contributed by atoms with van der Waals surface area (Å²) in [6, 6.07) is 0. The van der Waals surface area contributed by atoms with E-state index in [2.05, 4.69) is 25.3 Å². The molecule has 2 fully saturated rings. The normalized spacial score (nSPS) is 25.4. The number of carbonyl (C=O) groups excluding carboxylic acids is 1. The van der Waals surface area contributed by atoms with Crippen LogP contribution < -0.4 is 5.32 Å². The highest BCUT2D eigenvalue weighted by atomic mass is 16.2. The first kappa shape index (κ1) is 12.7. The van der Waals surface area contributed by atoms with Crippen molar-refractivity contribution in [2.45, 2.75) is 12.8 Å². The van der Waals surface area contributed by atoms with Crippen molar-refractivity contribution < 1.29 is 4.79 Å². The summed E-state index contributed by atoms with van der Waals surface area (Å²) in [5.41, 5.74) is 1.17. The average Bonchev–Trinajstić information content (AvgIpc) is 3.16. The molecule has 2 aliphatic rings. The molecular formula is C14H18N6O. The third-order valence-electron chi connectivity index (χ3n) is 4.52. The van der Waals surface area contributed by atoms with Crippen molar-refractivity contribution in [1.29, 1.82) is 0 Å². The lowest BCUT2D eigenvalue weighted by Crippen LogP contribution is -2.29. The van der Waals surface area contributed by atoms with Crippen molar-refractivity contribution in [3.05, 3.63) is 24.3 Å². The van der Waals surface area contributed by atoms with Gasteiger partial charge in [-0.05, 0) is 24.9 Å². The van der Waals surface area contributed by atoms with E-state index in [9.17, 15) is 4.79 Å². The van der Waals surface area contributed by atoms with Gasteiger partial charge in [-0.1, -0.05) is 0 Å². The fourth-order valence-corrected chi connectivity index (χ4v) is 3.40. The van der Waals surface area contributed by atoms with Crippen molar-refractivity contribution in [1.82, 2.24) is 29.8 Å². The lowest BCUT2D eigenvalue weighted by molar-refractivity contribution is -0.122. The van der Waals surface area contributed by atoms with Gasteiger partial charge in [0.05, 0.1) is 5.92 Å². The van der Waals surface area contributed by atoms with Gasteiger partial charge in [0.25, 0.3) is 5.78 Å². The molecule has 0 aromatic carbocycles. The number of fused-ring (bicyclic) bond motifs is 2. The van der Waals surface area contributed by atoms with Gasteiger partial charge in [0.15, 0.2) is 0 Å². The van der Waals surface area contributed by atoms with Crippen molar-refractivity contribution in [3.8, 4) is 0 Å². The summed E-state index contributed by atoms with van der Waals surface area (Å²) >= 11 is 0. The molecule has 1 amide bonds. The highest BCUT2D eigenvalue weighted by Gasteiger charge is 2.41. The largest absolute Gasteiger partial charge is 0.355 e. The summed E-state index contributed by atoms with van der Waals surface area (Å²) in [6.07, 6.45) is 7.42. The van der Waals surface area contributed by atoms with E-state index in [4.69, 9.17) is 0 Å². The third kappa shape index (κ3) is 2.37. The van der Waals surface area contributed by atoms with Crippen LogP contribution in [0.15, 0.2) is 18.7 Å². The molecule has 0 bridgehead atoms. The molecule has 110 valence electrons. The lowest BCUT2D eigenvalue weighted by atomic mass is 10.0. The van der Waals surface area contributed by atoms with Gasteiger partial charge in [-0.25, -0.2) is 9.50 Å². The summed E-state index contributed by atoms with van der Waals surface area (Å²) in [7, 11) is 0. The number of rotatable bonds is 4. The van der Waals surface area contributed by atoms with Gasteiger partial charge in [0.2, 0.25) is 5.91 Å². The predicted molar refractivity (Wildman–Crippen MR) is 75.5 cm³/mol. The van der Waals surface area contributed by atoms with Gasteiger partial charge in [0, 0.05) is 37.9 Å². The number of aromatic nitrogens is 4. The number of nitrogens with zero attached hydrogens (tertiary/aromatic N) is 5. The number of aryl methyl sites for hydroxylation is 1.